The molecule has 2 N–H and O–H groups in total. The highest BCUT2D eigenvalue weighted by molar-refractivity contribution is 9.10. The van der Waals surface area contributed by atoms with Crippen molar-refractivity contribution in [3.8, 4) is 0 Å². The van der Waals surface area contributed by atoms with Gasteiger partial charge in [0.05, 0.1) is 5.69 Å². The van der Waals surface area contributed by atoms with Crippen LogP contribution in [0.2, 0.25) is 5.02 Å². The molecule has 0 fully saturated rings. The van der Waals surface area contributed by atoms with Gasteiger partial charge in [-0.2, -0.15) is 0 Å². The Labute approximate surface area is 149 Å². The smallest absolute Gasteiger partial charge is 0.191 e. The predicted octanol–water partition coefficient (Wildman–Crippen LogP) is 3.62. The van der Waals surface area contributed by atoms with Gasteiger partial charge in [-0.25, -0.2) is 0 Å². The minimum absolute atomic E-state index is 0.627. The molecule has 0 aliphatic heterocycles. The molecule has 1 aromatic carbocycles. The zero-order chi connectivity index (χ0) is 16.8. The summed E-state index contributed by atoms with van der Waals surface area (Å²) in [6.45, 7) is 5.21. The fourth-order valence-corrected chi connectivity index (χ4v) is 2.84. The van der Waals surface area contributed by atoms with Crippen LogP contribution in [0, 0.1) is 13.8 Å². The van der Waals surface area contributed by atoms with Gasteiger partial charge in [0, 0.05) is 35.2 Å². The van der Waals surface area contributed by atoms with Crippen LogP contribution in [0.4, 0.5) is 0 Å². The minimum Gasteiger partial charge on any atom is -0.361 e. The molecule has 0 saturated heterocycles. The Balaban J connectivity index is 1.85. The third-order valence-corrected chi connectivity index (χ3v) is 4.54. The second-order valence-electron chi connectivity index (χ2n) is 5.14. The highest BCUT2D eigenvalue weighted by Crippen LogP contribution is 2.21. The molecule has 124 valence electrons. The van der Waals surface area contributed by atoms with E-state index in [2.05, 4.69) is 36.7 Å². The first-order valence-corrected chi connectivity index (χ1v) is 8.48. The van der Waals surface area contributed by atoms with Crippen molar-refractivity contribution in [1.82, 2.24) is 15.8 Å². The monoisotopic (exact) mass is 398 g/mol. The van der Waals surface area contributed by atoms with E-state index in [1.807, 2.05) is 32.0 Å². The molecule has 0 saturated carbocycles. The van der Waals surface area contributed by atoms with Crippen LogP contribution in [-0.4, -0.2) is 24.7 Å². The second-order valence-corrected chi connectivity index (χ2v) is 6.43. The molecule has 5 nitrogen and oxygen atoms in total. The SMILES string of the molecule is CN=C(NCCc1cc(Cl)ccc1Br)NCc1c(C)noc1C. The Hall–Kier alpha value is -1.53. The molecule has 0 amide bonds. The largest absolute Gasteiger partial charge is 0.361 e. The summed E-state index contributed by atoms with van der Waals surface area (Å²) in [6.07, 6.45) is 0.840. The summed E-state index contributed by atoms with van der Waals surface area (Å²) in [5, 5.41) is 11.2. The van der Waals surface area contributed by atoms with Crippen molar-refractivity contribution in [3.05, 3.63) is 50.3 Å². The van der Waals surface area contributed by atoms with Gasteiger partial charge in [0.1, 0.15) is 5.76 Å². The molecular weight excluding hydrogens is 380 g/mol. The predicted molar refractivity (Wildman–Crippen MR) is 97.0 cm³/mol. The first-order chi connectivity index (χ1) is 11.0. The number of aryl methyl sites for hydroxylation is 2. The van der Waals surface area contributed by atoms with Crippen molar-refractivity contribution in [2.45, 2.75) is 26.8 Å². The van der Waals surface area contributed by atoms with Gasteiger partial charge in [-0.3, -0.25) is 4.99 Å². The molecule has 0 aliphatic rings. The lowest BCUT2D eigenvalue weighted by molar-refractivity contribution is 0.392. The molecule has 0 aliphatic carbocycles. The van der Waals surface area contributed by atoms with E-state index in [0.717, 1.165) is 51.0 Å². The first-order valence-electron chi connectivity index (χ1n) is 7.31. The lowest BCUT2D eigenvalue weighted by Gasteiger charge is -2.12. The maximum Gasteiger partial charge on any atom is 0.191 e. The quantitative estimate of drug-likeness (QED) is 0.595. The van der Waals surface area contributed by atoms with Gasteiger partial charge >= 0.3 is 0 Å². The number of nitrogens with zero attached hydrogens (tertiary/aromatic N) is 2. The van der Waals surface area contributed by atoms with Crippen molar-refractivity contribution in [2.75, 3.05) is 13.6 Å². The Kier molecular flexibility index (Phi) is 6.47. The molecule has 0 unspecified atom stereocenters. The van der Waals surface area contributed by atoms with Crippen LogP contribution in [-0.2, 0) is 13.0 Å². The van der Waals surface area contributed by atoms with Crippen molar-refractivity contribution >= 4 is 33.5 Å². The summed E-state index contributed by atoms with van der Waals surface area (Å²) in [7, 11) is 1.75. The summed E-state index contributed by atoms with van der Waals surface area (Å²) in [6, 6.07) is 5.79. The Morgan fingerprint density at radius 2 is 2.13 bits per heavy atom. The number of guanidine groups is 1. The molecule has 1 heterocycles. The number of rotatable bonds is 5. The molecular formula is C16H20BrClN4O. The lowest BCUT2D eigenvalue weighted by atomic mass is 10.1. The van der Waals surface area contributed by atoms with E-state index in [1.54, 1.807) is 7.05 Å². The number of aromatic nitrogens is 1. The summed E-state index contributed by atoms with van der Waals surface area (Å²) >= 11 is 9.57. The number of nitrogens with one attached hydrogen (secondary N) is 2. The van der Waals surface area contributed by atoms with Crippen molar-refractivity contribution < 1.29 is 4.52 Å². The van der Waals surface area contributed by atoms with E-state index < -0.39 is 0 Å². The zero-order valence-corrected chi connectivity index (χ0v) is 15.8. The topological polar surface area (TPSA) is 62.5 Å². The fraction of sp³-hybridized carbons (Fsp3) is 0.375. The standard InChI is InChI=1S/C16H20BrClN4O/c1-10-14(11(2)23-22-10)9-21-16(19-3)20-7-6-12-8-13(18)4-5-15(12)17/h4-5,8H,6-7,9H2,1-3H3,(H2,19,20,21). The zero-order valence-electron chi connectivity index (χ0n) is 13.4. The third-order valence-electron chi connectivity index (χ3n) is 3.53. The summed E-state index contributed by atoms with van der Waals surface area (Å²) in [4.78, 5) is 4.22. The second kappa shape index (κ2) is 8.36. The Bertz CT molecular complexity index is 680. The number of hydrogen-bond acceptors (Lipinski definition) is 3. The van der Waals surface area contributed by atoms with Crippen LogP contribution >= 0.6 is 27.5 Å². The van der Waals surface area contributed by atoms with E-state index in [-0.39, 0.29) is 0 Å². The molecule has 0 bridgehead atoms. The molecule has 0 spiro atoms. The number of aliphatic imine (C=N–C) groups is 1. The Morgan fingerprint density at radius 1 is 1.35 bits per heavy atom. The number of halogens is 2. The maximum atomic E-state index is 6.03. The van der Waals surface area contributed by atoms with Crippen LogP contribution in [0.1, 0.15) is 22.6 Å². The van der Waals surface area contributed by atoms with E-state index in [0.29, 0.717) is 6.54 Å². The normalized spacial score (nSPS) is 11.6. The fourth-order valence-electron chi connectivity index (χ4n) is 2.20. The van der Waals surface area contributed by atoms with E-state index in [9.17, 15) is 0 Å². The van der Waals surface area contributed by atoms with Gasteiger partial charge in [-0.05, 0) is 44.0 Å². The van der Waals surface area contributed by atoms with Gasteiger partial charge in [-0.1, -0.05) is 32.7 Å². The molecule has 7 heteroatoms. The van der Waals surface area contributed by atoms with Crippen LogP contribution < -0.4 is 10.6 Å². The van der Waals surface area contributed by atoms with Crippen molar-refractivity contribution in [2.24, 2.45) is 4.99 Å². The van der Waals surface area contributed by atoms with E-state index in [4.69, 9.17) is 16.1 Å². The number of benzene rings is 1. The molecule has 0 atom stereocenters. The molecule has 0 radical (unpaired) electrons. The van der Waals surface area contributed by atoms with Crippen molar-refractivity contribution in [1.29, 1.82) is 0 Å². The van der Waals surface area contributed by atoms with Gasteiger partial charge in [0.2, 0.25) is 0 Å². The van der Waals surface area contributed by atoms with Gasteiger partial charge in [-0.15, -0.1) is 0 Å². The first kappa shape index (κ1) is 17.8. The van der Waals surface area contributed by atoms with Crippen LogP contribution in [0.25, 0.3) is 0 Å². The van der Waals surface area contributed by atoms with Crippen LogP contribution in [0.3, 0.4) is 0 Å². The van der Waals surface area contributed by atoms with Gasteiger partial charge < -0.3 is 15.2 Å². The van der Waals surface area contributed by atoms with Crippen LogP contribution in [0.5, 0.6) is 0 Å². The van der Waals surface area contributed by atoms with E-state index in [1.165, 1.54) is 0 Å². The highest BCUT2D eigenvalue weighted by Gasteiger charge is 2.09. The number of hydrogen-bond donors (Lipinski definition) is 2. The van der Waals surface area contributed by atoms with Crippen LogP contribution in [0.15, 0.2) is 32.2 Å². The molecule has 2 aromatic rings. The maximum absolute atomic E-state index is 6.03. The average molecular weight is 400 g/mol. The van der Waals surface area contributed by atoms with Gasteiger partial charge in [0.25, 0.3) is 0 Å². The molecule has 1 aromatic heterocycles. The Morgan fingerprint density at radius 3 is 2.78 bits per heavy atom. The summed E-state index contributed by atoms with van der Waals surface area (Å²) in [5.41, 5.74) is 3.12. The average Bonchev–Trinajstić information content (AvgIpc) is 2.85. The highest BCUT2D eigenvalue weighted by atomic mass is 79.9. The molecule has 2 rings (SSSR count). The molecule has 23 heavy (non-hydrogen) atoms. The minimum atomic E-state index is 0.627. The van der Waals surface area contributed by atoms with Gasteiger partial charge in [0.15, 0.2) is 5.96 Å². The van der Waals surface area contributed by atoms with E-state index >= 15 is 0 Å². The lowest BCUT2D eigenvalue weighted by Crippen LogP contribution is -2.38. The third kappa shape index (κ3) is 4.97. The summed E-state index contributed by atoms with van der Waals surface area (Å²) < 4.78 is 6.21. The summed E-state index contributed by atoms with van der Waals surface area (Å²) in [5.74, 6) is 1.57. The van der Waals surface area contributed by atoms with Crippen molar-refractivity contribution in [3.63, 3.8) is 0 Å².